The van der Waals surface area contributed by atoms with E-state index in [1.807, 2.05) is 62.5 Å². The smallest absolute Gasteiger partial charge is 0.235 e. The molecule has 4 nitrogen and oxygen atoms in total. The second-order valence-electron chi connectivity index (χ2n) is 6.00. The van der Waals surface area contributed by atoms with Crippen LogP contribution in [0.5, 0.6) is 0 Å². The summed E-state index contributed by atoms with van der Waals surface area (Å²) in [6.45, 7) is 1.90. The molecule has 1 N–H and O–H groups in total. The summed E-state index contributed by atoms with van der Waals surface area (Å²) < 4.78 is 1.67. The van der Waals surface area contributed by atoms with Crippen LogP contribution in [-0.4, -0.2) is 21.4 Å². The second kappa shape index (κ2) is 8.43. The van der Waals surface area contributed by atoms with Crippen molar-refractivity contribution in [1.82, 2.24) is 9.78 Å². The highest BCUT2D eigenvalue weighted by atomic mass is 35.5. The van der Waals surface area contributed by atoms with Crippen molar-refractivity contribution in [3.05, 3.63) is 82.5 Å². The van der Waals surface area contributed by atoms with Gasteiger partial charge in [0.1, 0.15) is 5.82 Å². The van der Waals surface area contributed by atoms with E-state index in [2.05, 4.69) is 22.5 Å². The maximum absolute atomic E-state index is 12.4. The number of thioether (sulfide) groups is 1. The average Bonchev–Trinajstić information content (AvgIpc) is 2.94. The Morgan fingerprint density at radius 2 is 1.81 bits per heavy atom. The molecule has 1 amide bonds. The zero-order valence-corrected chi connectivity index (χ0v) is 16.2. The fourth-order valence-corrected chi connectivity index (χ4v) is 3.93. The Balaban J connectivity index is 1.72. The first-order valence-electron chi connectivity index (χ1n) is 8.25. The maximum atomic E-state index is 12.4. The third kappa shape index (κ3) is 4.68. The van der Waals surface area contributed by atoms with E-state index >= 15 is 0 Å². The summed E-state index contributed by atoms with van der Waals surface area (Å²) in [6, 6.07) is 19.8. The number of carbonyl (C=O) groups is 1. The lowest BCUT2D eigenvalue weighted by molar-refractivity contribution is -0.113. The Morgan fingerprint density at radius 1 is 1.15 bits per heavy atom. The van der Waals surface area contributed by atoms with Gasteiger partial charge < -0.3 is 5.32 Å². The molecule has 0 saturated carbocycles. The predicted octanol–water partition coefficient (Wildman–Crippen LogP) is 4.84. The quantitative estimate of drug-likeness (QED) is 0.660. The minimum Gasteiger partial charge on any atom is -0.310 e. The van der Waals surface area contributed by atoms with Crippen LogP contribution in [0.25, 0.3) is 0 Å². The van der Waals surface area contributed by atoms with Gasteiger partial charge >= 0.3 is 0 Å². The Labute approximate surface area is 162 Å². The van der Waals surface area contributed by atoms with Crippen molar-refractivity contribution < 1.29 is 4.79 Å². The summed E-state index contributed by atoms with van der Waals surface area (Å²) in [6.07, 6.45) is 0. The standard InChI is InChI=1S/C20H20ClN3OS/c1-14-12-18(24(2)23-14)22-19(25)13-26-20(15-6-4-3-5-7-15)16-8-10-17(21)11-9-16/h3-12,20H,13H2,1-2H3,(H,22,25). The number of halogens is 1. The highest BCUT2D eigenvalue weighted by molar-refractivity contribution is 8.00. The van der Waals surface area contributed by atoms with Crippen molar-refractivity contribution in [2.24, 2.45) is 7.05 Å². The molecule has 6 heteroatoms. The molecule has 2 aromatic carbocycles. The van der Waals surface area contributed by atoms with Crippen LogP contribution < -0.4 is 5.32 Å². The van der Waals surface area contributed by atoms with Crippen molar-refractivity contribution in [2.45, 2.75) is 12.2 Å². The summed E-state index contributed by atoms with van der Waals surface area (Å²) in [4.78, 5) is 12.4. The van der Waals surface area contributed by atoms with Gasteiger partial charge in [0.05, 0.1) is 16.7 Å². The number of hydrogen-bond donors (Lipinski definition) is 1. The van der Waals surface area contributed by atoms with Crippen molar-refractivity contribution in [1.29, 1.82) is 0 Å². The van der Waals surface area contributed by atoms with Gasteiger partial charge in [-0.2, -0.15) is 5.10 Å². The molecule has 0 aliphatic heterocycles. The summed E-state index contributed by atoms with van der Waals surface area (Å²) in [5, 5.41) is 7.93. The molecule has 0 aliphatic rings. The number of anilines is 1. The number of rotatable bonds is 6. The molecule has 0 spiro atoms. The van der Waals surface area contributed by atoms with Gasteiger partial charge in [-0.15, -0.1) is 11.8 Å². The molecule has 0 saturated heterocycles. The first-order valence-corrected chi connectivity index (χ1v) is 9.68. The van der Waals surface area contributed by atoms with E-state index in [1.165, 1.54) is 0 Å². The first-order chi connectivity index (χ1) is 12.5. The Hall–Kier alpha value is -2.24. The van der Waals surface area contributed by atoms with Crippen LogP contribution in [0, 0.1) is 6.92 Å². The molecule has 0 aliphatic carbocycles. The van der Waals surface area contributed by atoms with E-state index in [0.29, 0.717) is 16.6 Å². The minimum atomic E-state index is -0.0482. The van der Waals surface area contributed by atoms with Gasteiger partial charge in [-0.05, 0) is 30.2 Å². The lowest BCUT2D eigenvalue weighted by Gasteiger charge is -2.17. The van der Waals surface area contributed by atoms with Gasteiger partial charge in [0.25, 0.3) is 0 Å². The van der Waals surface area contributed by atoms with Crippen LogP contribution >= 0.6 is 23.4 Å². The third-order valence-electron chi connectivity index (χ3n) is 3.93. The molecule has 26 heavy (non-hydrogen) atoms. The lowest BCUT2D eigenvalue weighted by atomic mass is 10.0. The fraction of sp³-hybridized carbons (Fsp3) is 0.200. The molecule has 1 heterocycles. The van der Waals surface area contributed by atoms with E-state index in [4.69, 9.17) is 11.6 Å². The van der Waals surface area contributed by atoms with Crippen LogP contribution in [0.1, 0.15) is 22.1 Å². The van der Waals surface area contributed by atoms with E-state index in [1.54, 1.807) is 16.4 Å². The van der Waals surface area contributed by atoms with Crippen LogP contribution in [0.15, 0.2) is 60.7 Å². The number of carbonyl (C=O) groups excluding carboxylic acids is 1. The van der Waals surface area contributed by atoms with Crippen molar-refractivity contribution in [3.63, 3.8) is 0 Å². The number of amides is 1. The van der Waals surface area contributed by atoms with Crippen molar-refractivity contribution >= 4 is 35.1 Å². The zero-order valence-electron chi connectivity index (χ0n) is 14.6. The Morgan fingerprint density at radius 3 is 2.42 bits per heavy atom. The van der Waals surface area contributed by atoms with Gasteiger partial charge in [0.15, 0.2) is 0 Å². The van der Waals surface area contributed by atoms with E-state index in [-0.39, 0.29) is 11.2 Å². The number of aryl methyl sites for hydroxylation is 2. The van der Waals surface area contributed by atoms with Gasteiger partial charge in [0.2, 0.25) is 5.91 Å². The molecule has 3 rings (SSSR count). The molecule has 1 atom stereocenters. The molecule has 0 fully saturated rings. The highest BCUT2D eigenvalue weighted by Crippen LogP contribution is 2.36. The van der Waals surface area contributed by atoms with E-state index in [9.17, 15) is 4.79 Å². The van der Waals surface area contributed by atoms with Crippen LogP contribution in [0.2, 0.25) is 5.02 Å². The summed E-state index contributed by atoms with van der Waals surface area (Å²) in [5.74, 6) is 0.996. The number of aromatic nitrogens is 2. The summed E-state index contributed by atoms with van der Waals surface area (Å²) in [5.41, 5.74) is 3.15. The van der Waals surface area contributed by atoms with Crippen LogP contribution in [0.4, 0.5) is 5.82 Å². The van der Waals surface area contributed by atoms with Crippen molar-refractivity contribution in [3.8, 4) is 0 Å². The molecule has 3 aromatic rings. The lowest BCUT2D eigenvalue weighted by Crippen LogP contribution is -2.17. The topological polar surface area (TPSA) is 46.9 Å². The highest BCUT2D eigenvalue weighted by Gasteiger charge is 2.17. The molecule has 0 radical (unpaired) electrons. The van der Waals surface area contributed by atoms with Crippen LogP contribution in [0.3, 0.4) is 0 Å². The first kappa shape index (κ1) is 18.5. The summed E-state index contributed by atoms with van der Waals surface area (Å²) in [7, 11) is 1.82. The largest absolute Gasteiger partial charge is 0.310 e. The zero-order chi connectivity index (χ0) is 18.5. The number of benzene rings is 2. The number of nitrogens with zero attached hydrogens (tertiary/aromatic N) is 2. The van der Waals surface area contributed by atoms with Gasteiger partial charge in [-0.25, -0.2) is 0 Å². The summed E-state index contributed by atoms with van der Waals surface area (Å²) >= 11 is 7.61. The predicted molar refractivity (Wildman–Crippen MR) is 109 cm³/mol. The molecule has 1 aromatic heterocycles. The number of nitrogens with one attached hydrogen (secondary N) is 1. The average molecular weight is 386 g/mol. The Bertz CT molecular complexity index is 878. The number of hydrogen-bond acceptors (Lipinski definition) is 3. The second-order valence-corrected chi connectivity index (χ2v) is 7.53. The van der Waals surface area contributed by atoms with Gasteiger partial charge in [0, 0.05) is 18.1 Å². The Kier molecular flexibility index (Phi) is 6.01. The monoisotopic (exact) mass is 385 g/mol. The van der Waals surface area contributed by atoms with Crippen LogP contribution in [-0.2, 0) is 11.8 Å². The molecule has 134 valence electrons. The minimum absolute atomic E-state index is 0.0482. The third-order valence-corrected chi connectivity index (χ3v) is 5.48. The van der Waals surface area contributed by atoms with Gasteiger partial charge in [-0.1, -0.05) is 54.1 Å². The fourth-order valence-electron chi connectivity index (χ4n) is 2.72. The molecule has 1 unspecified atom stereocenters. The van der Waals surface area contributed by atoms with E-state index < -0.39 is 0 Å². The molecular weight excluding hydrogens is 366 g/mol. The molecular formula is C20H20ClN3OS. The van der Waals surface area contributed by atoms with Gasteiger partial charge in [-0.3, -0.25) is 9.48 Å². The normalized spacial score (nSPS) is 12.0. The SMILES string of the molecule is Cc1cc(NC(=O)CSC(c2ccccc2)c2ccc(Cl)cc2)n(C)n1. The van der Waals surface area contributed by atoms with E-state index in [0.717, 1.165) is 16.8 Å². The maximum Gasteiger partial charge on any atom is 0.235 e. The van der Waals surface area contributed by atoms with Crippen molar-refractivity contribution in [2.75, 3.05) is 11.1 Å². The molecule has 0 bridgehead atoms.